The molecule has 182 valence electrons. The minimum Gasteiger partial charge on any atom is -0.444 e. The van der Waals surface area contributed by atoms with Gasteiger partial charge in [0, 0.05) is 75.1 Å². The van der Waals surface area contributed by atoms with Crippen LogP contribution in [0.5, 0.6) is 0 Å². The quantitative estimate of drug-likeness (QED) is 0.172. The molecule has 4 aromatic rings. The fourth-order valence-corrected chi connectivity index (χ4v) is 3.40. The van der Waals surface area contributed by atoms with E-state index in [1.807, 2.05) is 19.1 Å². The molecule has 0 saturated carbocycles. The van der Waals surface area contributed by atoms with Crippen molar-refractivity contribution in [1.29, 1.82) is 0 Å². The van der Waals surface area contributed by atoms with E-state index in [2.05, 4.69) is 72.7 Å². The Morgan fingerprint density at radius 2 is 1.54 bits per heavy atom. The maximum absolute atomic E-state index is 10.1. The highest BCUT2D eigenvalue weighted by molar-refractivity contribution is 9.11. The Hall–Kier alpha value is -2.60. The van der Waals surface area contributed by atoms with Gasteiger partial charge in [-0.3, -0.25) is 24.7 Å². The van der Waals surface area contributed by atoms with Crippen LogP contribution < -0.4 is 0 Å². The Morgan fingerprint density at radius 3 is 2.06 bits per heavy atom. The molecule has 0 aromatic carbocycles. The Kier molecular flexibility index (Phi) is 13.2. The third kappa shape index (κ3) is 11.6. The molecule has 0 N–H and O–H groups in total. The van der Waals surface area contributed by atoms with Gasteiger partial charge in [-0.25, -0.2) is 4.98 Å². The highest BCUT2D eigenvalue weighted by atomic mass is 79.9. The number of oxazole rings is 1. The number of carbonyl (C=O) groups is 1. The van der Waals surface area contributed by atoms with Crippen LogP contribution in [0.15, 0.2) is 90.7 Å². The molecule has 0 fully saturated rings. The van der Waals surface area contributed by atoms with E-state index in [0.717, 1.165) is 30.8 Å². The summed E-state index contributed by atoms with van der Waals surface area (Å²) in [5, 5.41) is 0. The van der Waals surface area contributed by atoms with Crippen molar-refractivity contribution in [2.45, 2.75) is 13.0 Å². The summed E-state index contributed by atoms with van der Waals surface area (Å²) in [7, 11) is 1.68. The van der Waals surface area contributed by atoms with Crippen LogP contribution in [-0.4, -0.2) is 52.2 Å². The second-order valence-corrected chi connectivity index (χ2v) is 9.51. The number of hydrogen-bond donors (Lipinski definition) is 0. The summed E-state index contributed by atoms with van der Waals surface area (Å²) in [6, 6.07) is 5.58. The summed E-state index contributed by atoms with van der Waals surface area (Å²) in [5.74, 6) is 0.587. The maximum Gasteiger partial charge on any atom is 0.227 e. The van der Waals surface area contributed by atoms with Crippen LogP contribution in [0.3, 0.4) is 0 Å². The van der Waals surface area contributed by atoms with E-state index in [1.54, 1.807) is 56.6 Å². The smallest absolute Gasteiger partial charge is 0.227 e. The van der Waals surface area contributed by atoms with Crippen molar-refractivity contribution in [2.24, 2.45) is 4.99 Å². The average Bonchev–Trinajstić information content (AvgIpc) is 3.40. The van der Waals surface area contributed by atoms with Gasteiger partial charge in [0.05, 0.1) is 24.4 Å². The number of carbonyl (C=O) groups excluding carboxylic acids is 1. The van der Waals surface area contributed by atoms with Gasteiger partial charge >= 0.3 is 0 Å². The van der Waals surface area contributed by atoms with Crippen LogP contribution in [0.1, 0.15) is 22.8 Å². The van der Waals surface area contributed by atoms with Crippen LogP contribution in [0, 0.1) is 0 Å². The van der Waals surface area contributed by atoms with Crippen LogP contribution in [0.2, 0.25) is 0 Å². The topological polar surface area (TPSA) is 103 Å². The van der Waals surface area contributed by atoms with Crippen LogP contribution in [0.25, 0.3) is 11.5 Å². The molecular formula is C24H22Br3N5O3. The van der Waals surface area contributed by atoms with Crippen molar-refractivity contribution in [3.8, 4) is 11.5 Å². The van der Waals surface area contributed by atoms with E-state index in [9.17, 15) is 4.79 Å². The third-order valence-corrected chi connectivity index (χ3v) is 5.28. The second-order valence-electron chi connectivity index (χ2n) is 6.76. The highest BCUT2D eigenvalue weighted by Gasteiger charge is 2.01. The van der Waals surface area contributed by atoms with E-state index in [-0.39, 0.29) is 6.10 Å². The summed E-state index contributed by atoms with van der Waals surface area (Å²) in [6.07, 6.45) is 15.9. The molecule has 4 heterocycles. The molecule has 4 aromatic heterocycles. The van der Waals surface area contributed by atoms with Crippen molar-refractivity contribution in [3.63, 3.8) is 0 Å². The number of hydrogen-bond acceptors (Lipinski definition) is 8. The molecule has 0 radical (unpaired) electrons. The second kappa shape index (κ2) is 16.1. The minimum absolute atomic E-state index is 0.159. The summed E-state index contributed by atoms with van der Waals surface area (Å²) in [4.78, 5) is 30.1. The van der Waals surface area contributed by atoms with Crippen LogP contribution in [-0.2, 0) is 4.74 Å². The highest BCUT2D eigenvalue weighted by Crippen LogP contribution is 2.19. The van der Waals surface area contributed by atoms with Gasteiger partial charge in [0.15, 0.2) is 6.29 Å². The van der Waals surface area contributed by atoms with Gasteiger partial charge in [0.2, 0.25) is 5.89 Å². The van der Waals surface area contributed by atoms with Crippen molar-refractivity contribution in [1.82, 2.24) is 19.9 Å². The normalized spacial score (nSPS) is 11.1. The lowest BCUT2D eigenvalue weighted by Crippen LogP contribution is -2.08. The molecule has 8 nitrogen and oxygen atoms in total. The summed E-state index contributed by atoms with van der Waals surface area (Å²) < 4.78 is 12.9. The largest absolute Gasteiger partial charge is 0.444 e. The maximum atomic E-state index is 10.1. The van der Waals surface area contributed by atoms with Gasteiger partial charge in [0.25, 0.3) is 0 Å². The van der Waals surface area contributed by atoms with Gasteiger partial charge in [-0.2, -0.15) is 0 Å². The minimum atomic E-state index is 0.159. The van der Waals surface area contributed by atoms with E-state index in [0.29, 0.717) is 18.0 Å². The summed E-state index contributed by atoms with van der Waals surface area (Å²) >= 11 is 9.85. The number of aromatic nitrogens is 4. The zero-order valence-corrected chi connectivity index (χ0v) is 23.6. The zero-order valence-electron chi connectivity index (χ0n) is 18.9. The number of rotatable bonds is 6. The first-order valence-corrected chi connectivity index (χ1v) is 12.5. The number of ether oxygens (including phenoxy) is 1. The summed E-state index contributed by atoms with van der Waals surface area (Å²) in [6.45, 7) is 2.65. The molecule has 0 aliphatic rings. The first-order chi connectivity index (χ1) is 16.9. The molecular weight excluding hydrogens is 646 g/mol. The number of nitrogens with zero attached hydrogens (tertiary/aromatic N) is 5. The van der Waals surface area contributed by atoms with Crippen molar-refractivity contribution >= 4 is 60.3 Å². The van der Waals surface area contributed by atoms with Crippen molar-refractivity contribution < 1.29 is 13.9 Å². The van der Waals surface area contributed by atoms with E-state index >= 15 is 0 Å². The molecule has 0 spiro atoms. The summed E-state index contributed by atoms with van der Waals surface area (Å²) in [5.41, 5.74) is 2.45. The number of aldehydes is 1. The molecule has 1 unspecified atom stereocenters. The van der Waals surface area contributed by atoms with Crippen molar-refractivity contribution in [2.75, 3.05) is 13.7 Å². The first kappa shape index (κ1) is 28.6. The lowest BCUT2D eigenvalue weighted by molar-refractivity contribution is 0.112. The van der Waals surface area contributed by atoms with Gasteiger partial charge in [-0.05, 0) is 72.9 Å². The number of aliphatic imine (C=N–C) groups is 1. The Balaban J connectivity index is 0.000000189. The Morgan fingerprint density at radius 1 is 0.943 bits per heavy atom. The third-order valence-electron chi connectivity index (χ3n) is 3.98. The Labute approximate surface area is 228 Å². The lowest BCUT2D eigenvalue weighted by atomic mass is 10.3. The first-order valence-electron chi connectivity index (χ1n) is 10.1. The molecule has 0 amide bonds. The molecule has 11 heteroatoms. The fourth-order valence-electron chi connectivity index (χ4n) is 2.27. The number of pyridine rings is 3. The number of halogens is 3. The van der Waals surface area contributed by atoms with Gasteiger partial charge < -0.3 is 9.15 Å². The van der Waals surface area contributed by atoms with E-state index < -0.39 is 0 Å². The van der Waals surface area contributed by atoms with Crippen molar-refractivity contribution in [3.05, 3.63) is 92.4 Å². The SMILES string of the molecule is Brc1cncc(-c2ncco2)c1.COC(C)CN=Cc1cncc(Br)c1.O=Cc1cncc(Br)c1. The Bertz CT molecular complexity index is 1210. The van der Waals surface area contributed by atoms with Crippen LogP contribution >= 0.6 is 47.8 Å². The standard InChI is InChI=1S/C10H13BrN2O.C8H5BrN2O.C6H4BrNO/c1-8(14-2)4-12-5-9-3-10(11)7-13-6-9;9-7-3-6(4-10-5-7)8-11-1-2-12-8;7-6-1-5(4-9)2-8-3-6/h3,5-8H,4H2,1-2H3;1-5H;1-4H. The van der Waals surface area contributed by atoms with Crippen LogP contribution in [0.4, 0.5) is 0 Å². The average molecular weight is 668 g/mol. The number of methoxy groups -OCH3 is 1. The molecule has 0 saturated heterocycles. The predicted molar refractivity (Wildman–Crippen MR) is 146 cm³/mol. The monoisotopic (exact) mass is 665 g/mol. The zero-order chi connectivity index (χ0) is 25.5. The lowest BCUT2D eigenvalue weighted by Gasteiger charge is -2.03. The molecule has 0 aliphatic carbocycles. The molecule has 1 atom stereocenters. The van der Waals surface area contributed by atoms with E-state index in [4.69, 9.17) is 9.15 Å². The molecule has 0 bridgehead atoms. The van der Waals surface area contributed by atoms with Gasteiger partial charge in [0.1, 0.15) is 6.26 Å². The fraction of sp³-hybridized carbons (Fsp3) is 0.167. The molecule has 4 rings (SSSR count). The van der Waals surface area contributed by atoms with E-state index in [1.165, 1.54) is 12.5 Å². The van der Waals surface area contributed by atoms with Gasteiger partial charge in [-0.15, -0.1) is 0 Å². The molecule has 35 heavy (non-hydrogen) atoms. The predicted octanol–water partition coefficient (Wildman–Crippen LogP) is 6.45. The molecule has 0 aliphatic heterocycles. The van der Waals surface area contributed by atoms with Gasteiger partial charge in [-0.1, -0.05) is 0 Å².